The van der Waals surface area contributed by atoms with E-state index in [1.54, 1.807) is 11.7 Å². The molecule has 53 heavy (non-hydrogen) atoms. The quantitative estimate of drug-likeness (QED) is 0.0698. The van der Waals surface area contributed by atoms with Crippen LogP contribution in [-0.4, -0.2) is 58.3 Å². The van der Waals surface area contributed by atoms with Gasteiger partial charge < -0.3 is 25.1 Å². The van der Waals surface area contributed by atoms with Gasteiger partial charge in [0.25, 0.3) is 0 Å². The fraction of sp³-hybridized carbons (Fsp3) is 0.523. The molecule has 1 aromatic carbocycles. The number of rotatable bonds is 24. The fourth-order valence-corrected chi connectivity index (χ4v) is 6.16. The highest BCUT2D eigenvalue weighted by Gasteiger charge is 2.15. The highest BCUT2D eigenvalue weighted by molar-refractivity contribution is 5.81. The maximum Gasteiger partial charge on any atom is 0.328 e. The Morgan fingerprint density at radius 2 is 1.32 bits per heavy atom. The highest BCUT2D eigenvalue weighted by Crippen LogP contribution is 2.19. The first-order valence-corrected chi connectivity index (χ1v) is 19.3. The van der Waals surface area contributed by atoms with Gasteiger partial charge >= 0.3 is 11.7 Å². The van der Waals surface area contributed by atoms with Crippen molar-refractivity contribution < 1.29 is 9.47 Å². The van der Waals surface area contributed by atoms with Gasteiger partial charge in [-0.25, -0.2) is 4.79 Å². The van der Waals surface area contributed by atoms with E-state index < -0.39 is 0 Å². The number of nitrogens with two attached hydrogens (primary N) is 1. The number of nitrogens with zero attached hydrogens (tertiary/aromatic N) is 4. The van der Waals surface area contributed by atoms with Gasteiger partial charge in [0, 0.05) is 13.7 Å². The van der Waals surface area contributed by atoms with Crippen LogP contribution in [0.1, 0.15) is 117 Å². The second kappa shape index (κ2) is 23.5. The van der Waals surface area contributed by atoms with E-state index in [1.807, 2.05) is 0 Å². The number of nitrogens with one attached hydrogen (secondary N) is 1. The molecule has 0 saturated heterocycles. The molecule has 0 atom stereocenters. The summed E-state index contributed by atoms with van der Waals surface area (Å²) in [5.41, 5.74) is 16.2. The first kappa shape index (κ1) is 43.2. The third-order valence-electron chi connectivity index (χ3n) is 9.38. The van der Waals surface area contributed by atoms with Gasteiger partial charge in [0.05, 0.1) is 13.2 Å². The number of nitrogen functional groups attached to an aromatic ring is 1. The van der Waals surface area contributed by atoms with Crippen LogP contribution in [-0.2, 0) is 17.8 Å². The van der Waals surface area contributed by atoms with Crippen LogP contribution in [0.3, 0.4) is 0 Å². The Morgan fingerprint density at radius 3 is 1.91 bits per heavy atom. The Kier molecular flexibility index (Phi) is 19.1. The zero-order valence-electron chi connectivity index (χ0n) is 33.9. The predicted molar refractivity (Wildman–Crippen MR) is 222 cm³/mol. The molecule has 0 aliphatic carbocycles. The number of anilines is 1. The minimum absolute atomic E-state index is 0.118. The molecule has 0 aliphatic heterocycles. The second-order valence-electron chi connectivity index (χ2n) is 14.8. The number of aromatic amines is 1. The van der Waals surface area contributed by atoms with Crippen molar-refractivity contribution in [3.63, 3.8) is 0 Å². The van der Waals surface area contributed by atoms with Gasteiger partial charge in [0.1, 0.15) is 12.1 Å². The number of ether oxygens (including phenoxy) is 2. The number of fused-ring (bicyclic) bond motifs is 1. The Hall–Kier alpha value is -4.21. The van der Waals surface area contributed by atoms with E-state index in [0.717, 1.165) is 76.4 Å². The lowest BCUT2D eigenvalue weighted by Gasteiger charge is -2.17. The molecule has 0 spiro atoms. The summed E-state index contributed by atoms with van der Waals surface area (Å²) in [6.07, 6.45) is 23.4. The molecule has 2 heterocycles. The van der Waals surface area contributed by atoms with Crippen molar-refractivity contribution in [3.8, 4) is 6.01 Å². The van der Waals surface area contributed by atoms with Gasteiger partial charge in [-0.3, -0.25) is 4.57 Å². The van der Waals surface area contributed by atoms with E-state index >= 15 is 0 Å². The Balaban J connectivity index is 1.34. The topological polar surface area (TPSA) is 111 Å². The number of aromatic nitrogens is 4. The number of benzene rings is 1. The van der Waals surface area contributed by atoms with E-state index in [0.29, 0.717) is 24.3 Å². The minimum Gasteiger partial charge on any atom is -0.461 e. The molecule has 0 fully saturated rings. The average molecular weight is 727 g/mol. The second-order valence-corrected chi connectivity index (χ2v) is 14.8. The lowest BCUT2D eigenvalue weighted by Crippen LogP contribution is -2.19. The van der Waals surface area contributed by atoms with Gasteiger partial charge in [-0.15, -0.1) is 0 Å². The summed E-state index contributed by atoms with van der Waals surface area (Å²) in [4.78, 5) is 26.5. The number of allylic oxidation sites excluding steroid dienone is 10. The first-order chi connectivity index (χ1) is 25.4. The van der Waals surface area contributed by atoms with Crippen molar-refractivity contribution >= 4 is 17.0 Å². The molecule has 9 nitrogen and oxygen atoms in total. The highest BCUT2D eigenvalue weighted by atomic mass is 16.5. The predicted octanol–water partition coefficient (Wildman–Crippen LogP) is 9.86. The maximum absolute atomic E-state index is 12.8. The fourth-order valence-electron chi connectivity index (χ4n) is 6.16. The molecule has 0 saturated carbocycles. The van der Waals surface area contributed by atoms with Crippen LogP contribution in [0.15, 0.2) is 87.3 Å². The maximum atomic E-state index is 12.8. The molecule has 3 N–H and O–H groups in total. The number of hydrogen-bond acceptors (Lipinski definition) is 7. The molecule has 290 valence electrons. The summed E-state index contributed by atoms with van der Waals surface area (Å²) >= 11 is 0. The Labute approximate surface area is 318 Å². The molecule has 0 unspecified atom stereocenters. The van der Waals surface area contributed by atoms with Gasteiger partial charge in [0.2, 0.25) is 0 Å². The van der Waals surface area contributed by atoms with Gasteiger partial charge in [-0.05, 0) is 130 Å². The third-order valence-corrected chi connectivity index (χ3v) is 9.38. The molecule has 0 radical (unpaired) electrons. The van der Waals surface area contributed by atoms with E-state index in [2.05, 4.69) is 123 Å². The van der Waals surface area contributed by atoms with Crippen LogP contribution in [0.4, 0.5) is 5.82 Å². The largest absolute Gasteiger partial charge is 0.461 e. The lowest BCUT2D eigenvalue weighted by molar-refractivity contribution is 0.141. The van der Waals surface area contributed by atoms with Crippen molar-refractivity contribution in [2.24, 2.45) is 0 Å². The zero-order chi connectivity index (χ0) is 38.6. The number of unbranched alkanes of at least 4 members (excludes halogenated alkanes) is 1. The summed E-state index contributed by atoms with van der Waals surface area (Å²) in [5.74, 6) is 0.172. The molecule has 3 rings (SSSR count). The summed E-state index contributed by atoms with van der Waals surface area (Å²) in [5, 5.41) is 0. The van der Waals surface area contributed by atoms with Crippen molar-refractivity contribution in [2.45, 2.75) is 119 Å². The molecule has 0 bridgehead atoms. The third kappa shape index (κ3) is 16.6. The van der Waals surface area contributed by atoms with Crippen LogP contribution in [0.25, 0.3) is 11.2 Å². The SMILES string of the molecule is COCCOc1nc(N)c2[nH]c(=O)n(Cc3ccc(CN(C)CCC/C(C)=C/CC/C(C)=C/CC/C=C(\C)CC/C=C(\C)CCC=C(C)C)cc3)c2n1. The van der Waals surface area contributed by atoms with Crippen molar-refractivity contribution in [1.82, 2.24) is 24.4 Å². The van der Waals surface area contributed by atoms with E-state index in [4.69, 9.17) is 15.2 Å². The number of hydrogen-bond donors (Lipinski definition) is 2. The number of methoxy groups -OCH3 is 1. The van der Waals surface area contributed by atoms with E-state index in [1.165, 1.54) is 39.8 Å². The van der Waals surface area contributed by atoms with Crippen LogP contribution >= 0.6 is 0 Å². The Morgan fingerprint density at radius 1 is 0.774 bits per heavy atom. The smallest absolute Gasteiger partial charge is 0.328 e. The summed E-state index contributed by atoms with van der Waals surface area (Å²) in [7, 11) is 3.76. The van der Waals surface area contributed by atoms with Gasteiger partial charge in [0.15, 0.2) is 11.5 Å². The standard InChI is InChI=1S/C44H66N6O3/c1-33(2)15-11-18-36(5)21-12-19-34(3)16-9-10-17-35(4)20-13-22-37(6)23-14-28-49(7)31-38-24-26-39(27-25-38)32-50-42-40(46-44(50)51)41(45)47-43(48-42)53-30-29-52-8/h15-17,21-22,24-27H,9-14,18-20,23,28-32H2,1-8H3,(H,46,51)(H2,45,47,48)/b34-16+,35-17+,36-21+,37-22+. The monoisotopic (exact) mass is 727 g/mol. The number of H-pyrrole nitrogens is 1. The molecular weight excluding hydrogens is 661 g/mol. The molecule has 0 amide bonds. The molecule has 3 aromatic rings. The number of imidazole rings is 1. The van der Waals surface area contributed by atoms with Crippen molar-refractivity contribution in [2.75, 3.05) is 39.6 Å². The van der Waals surface area contributed by atoms with Crippen LogP contribution in [0.5, 0.6) is 6.01 Å². The molecule has 2 aromatic heterocycles. The summed E-state index contributed by atoms with van der Waals surface area (Å²) < 4.78 is 12.1. The Bertz CT molecular complexity index is 1770. The lowest BCUT2D eigenvalue weighted by atomic mass is 10.0. The minimum atomic E-state index is -0.292. The van der Waals surface area contributed by atoms with Gasteiger partial charge in [-0.2, -0.15) is 9.97 Å². The van der Waals surface area contributed by atoms with Crippen LogP contribution in [0.2, 0.25) is 0 Å². The van der Waals surface area contributed by atoms with Crippen LogP contribution < -0.4 is 16.2 Å². The van der Waals surface area contributed by atoms with E-state index in [-0.39, 0.29) is 24.1 Å². The molecule has 0 aliphatic rings. The van der Waals surface area contributed by atoms with Crippen LogP contribution in [0, 0.1) is 0 Å². The first-order valence-electron chi connectivity index (χ1n) is 19.3. The normalized spacial score (nSPS) is 13.0. The van der Waals surface area contributed by atoms with Crippen molar-refractivity contribution in [3.05, 3.63) is 104 Å². The zero-order valence-corrected chi connectivity index (χ0v) is 33.9. The van der Waals surface area contributed by atoms with Gasteiger partial charge in [-0.1, -0.05) is 82.5 Å². The summed E-state index contributed by atoms with van der Waals surface area (Å²) in [6, 6.07) is 8.49. The van der Waals surface area contributed by atoms with Crippen molar-refractivity contribution in [1.29, 1.82) is 0 Å². The van der Waals surface area contributed by atoms with E-state index in [9.17, 15) is 4.79 Å². The average Bonchev–Trinajstić information content (AvgIpc) is 3.42. The molecule has 9 heteroatoms. The molecular formula is C44H66N6O3. The summed E-state index contributed by atoms with van der Waals surface area (Å²) in [6.45, 7) is 16.4.